The second-order valence-electron chi connectivity index (χ2n) is 6.73. The van der Waals surface area contributed by atoms with E-state index < -0.39 is 0 Å². The Balaban J connectivity index is 1.67. The maximum Gasteiger partial charge on any atom is 0.267 e. The third-order valence-electron chi connectivity index (χ3n) is 4.58. The van der Waals surface area contributed by atoms with Crippen LogP contribution in [0.5, 0.6) is 0 Å². The van der Waals surface area contributed by atoms with E-state index in [1.807, 2.05) is 32.3 Å². The Bertz CT molecular complexity index is 1360. The van der Waals surface area contributed by atoms with Crippen molar-refractivity contribution in [2.45, 2.75) is 34.2 Å². The fourth-order valence-corrected chi connectivity index (χ4v) is 5.63. The molecule has 0 aliphatic heterocycles. The minimum Gasteiger partial charge on any atom is -0.297 e. The lowest BCUT2D eigenvalue weighted by atomic mass is 10.1. The largest absolute Gasteiger partial charge is 0.297 e. The molecule has 2 N–H and O–H groups in total. The highest BCUT2D eigenvalue weighted by Crippen LogP contribution is 2.34. The standard InChI is InChI=1S/C19H19N7OS3/c1-6-7-26-15(24-25-19(26)28)14-10(4)21-18(30-14)23-16(27)13-8(2)12-9(3)20-11(5)22-17(12)29-13/h6H,1,7H2,2-5H3,(H,25,28)(H,21,23,27). The van der Waals surface area contributed by atoms with Crippen LogP contribution >= 0.6 is 34.9 Å². The summed E-state index contributed by atoms with van der Waals surface area (Å²) in [6.07, 6.45) is 1.75. The number of anilines is 1. The molecule has 0 spiro atoms. The second-order valence-corrected chi connectivity index (χ2v) is 9.12. The molecule has 0 aromatic carbocycles. The van der Waals surface area contributed by atoms with Gasteiger partial charge in [-0.25, -0.2) is 15.0 Å². The summed E-state index contributed by atoms with van der Waals surface area (Å²) in [4.78, 5) is 28.7. The zero-order valence-electron chi connectivity index (χ0n) is 16.9. The first kappa shape index (κ1) is 20.5. The number of carbonyl (C=O) groups excluding carboxylic acids is 1. The maximum atomic E-state index is 13.0. The molecule has 0 bridgehead atoms. The topological polar surface area (TPSA) is 101 Å². The number of aromatic nitrogens is 6. The van der Waals surface area contributed by atoms with Crippen molar-refractivity contribution in [3.05, 3.63) is 45.1 Å². The number of nitrogens with zero attached hydrogens (tertiary/aromatic N) is 5. The van der Waals surface area contributed by atoms with E-state index in [-0.39, 0.29) is 5.91 Å². The van der Waals surface area contributed by atoms with E-state index in [1.54, 1.807) is 6.08 Å². The molecule has 154 valence electrons. The predicted molar refractivity (Wildman–Crippen MR) is 123 cm³/mol. The average Bonchev–Trinajstić information content (AvgIpc) is 3.31. The molecule has 0 unspecified atom stereocenters. The van der Waals surface area contributed by atoms with Gasteiger partial charge in [-0.2, -0.15) is 5.10 Å². The molecule has 0 fully saturated rings. The highest BCUT2D eigenvalue weighted by atomic mass is 32.1. The van der Waals surface area contributed by atoms with E-state index in [0.29, 0.717) is 33.0 Å². The number of fused-ring (bicyclic) bond motifs is 1. The Hall–Kier alpha value is -2.76. The number of allylic oxidation sites excluding steroid dienone is 1. The smallest absolute Gasteiger partial charge is 0.267 e. The Kier molecular flexibility index (Phi) is 5.35. The summed E-state index contributed by atoms with van der Waals surface area (Å²) < 4.78 is 2.35. The number of nitrogens with one attached hydrogen (secondary N) is 2. The minimum atomic E-state index is -0.210. The van der Waals surface area contributed by atoms with Crippen molar-refractivity contribution in [3.8, 4) is 10.7 Å². The van der Waals surface area contributed by atoms with Gasteiger partial charge in [0.25, 0.3) is 5.91 Å². The summed E-state index contributed by atoms with van der Waals surface area (Å²) in [5.41, 5.74) is 2.52. The molecule has 0 radical (unpaired) electrons. The van der Waals surface area contributed by atoms with Crippen LogP contribution in [0.25, 0.3) is 20.9 Å². The monoisotopic (exact) mass is 457 g/mol. The van der Waals surface area contributed by atoms with Gasteiger partial charge in [0.15, 0.2) is 15.7 Å². The molecule has 0 atom stereocenters. The average molecular weight is 458 g/mol. The quantitative estimate of drug-likeness (QED) is 0.331. The van der Waals surface area contributed by atoms with Gasteiger partial charge in [0.2, 0.25) is 0 Å². The normalized spacial score (nSPS) is 11.2. The van der Waals surface area contributed by atoms with Crippen LogP contribution in [0, 0.1) is 32.5 Å². The summed E-state index contributed by atoms with van der Waals surface area (Å²) >= 11 is 8.01. The van der Waals surface area contributed by atoms with Crippen molar-refractivity contribution in [1.29, 1.82) is 0 Å². The fraction of sp³-hybridized carbons (Fsp3) is 0.263. The van der Waals surface area contributed by atoms with Crippen LogP contribution in [0.15, 0.2) is 12.7 Å². The molecule has 0 aliphatic carbocycles. The minimum absolute atomic E-state index is 0.210. The van der Waals surface area contributed by atoms with Crippen molar-refractivity contribution in [2.24, 2.45) is 0 Å². The third-order valence-corrected chi connectivity index (χ3v) is 7.14. The first-order chi connectivity index (χ1) is 14.3. The Morgan fingerprint density at radius 3 is 2.70 bits per heavy atom. The van der Waals surface area contributed by atoms with Gasteiger partial charge in [0.1, 0.15) is 10.7 Å². The highest BCUT2D eigenvalue weighted by Gasteiger charge is 2.21. The van der Waals surface area contributed by atoms with Gasteiger partial charge in [-0.1, -0.05) is 17.4 Å². The van der Waals surface area contributed by atoms with E-state index in [4.69, 9.17) is 12.2 Å². The van der Waals surface area contributed by atoms with Crippen molar-refractivity contribution in [1.82, 2.24) is 29.7 Å². The van der Waals surface area contributed by atoms with E-state index in [2.05, 4.69) is 37.0 Å². The van der Waals surface area contributed by atoms with Crippen molar-refractivity contribution >= 4 is 56.1 Å². The Morgan fingerprint density at radius 1 is 1.20 bits per heavy atom. The van der Waals surface area contributed by atoms with Gasteiger partial charge < -0.3 is 0 Å². The molecule has 4 aromatic rings. The zero-order chi connectivity index (χ0) is 21.6. The number of rotatable bonds is 5. The van der Waals surface area contributed by atoms with Gasteiger partial charge in [-0.3, -0.25) is 19.8 Å². The molecule has 1 amide bonds. The molecular weight excluding hydrogens is 438 g/mol. The van der Waals surface area contributed by atoms with Crippen molar-refractivity contribution in [3.63, 3.8) is 0 Å². The van der Waals surface area contributed by atoms with E-state index >= 15 is 0 Å². The molecule has 4 rings (SSSR count). The Labute approximate surface area is 185 Å². The zero-order valence-corrected chi connectivity index (χ0v) is 19.3. The SMILES string of the molecule is C=CCn1c(-c2sc(NC(=O)c3sc4nc(C)nc(C)c4c3C)nc2C)n[nH]c1=S. The number of aromatic amines is 1. The molecule has 0 saturated heterocycles. The van der Waals surface area contributed by atoms with Gasteiger partial charge in [0.05, 0.1) is 15.4 Å². The van der Waals surface area contributed by atoms with Crippen LogP contribution in [0.3, 0.4) is 0 Å². The number of thiophene rings is 1. The maximum absolute atomic E-state index is 13.0. The number of aryl methyl sites for hydroxylation is 4. The summed E-state index contributed by atoms with van der Waals surface area (Å²) in [6.45, 7) is 11.9. The summed E-state index contributed by atoms with van der Waals surface area (Å²) in [7, 11) is 0. The van der Waals surface area contributed by atoms with Crippen LogP contribution < -0.4 is 5.32 Å². The predicted octanol–water partition coefficient (Wildman–Crippen LogP) is 4.74. The first-order valence-electron chi connectivity index (χ1n) is 9.09. The van der Waals surface area contributed by atoms with Gasteiger partial charge in [0, 0.05) is 17.6 Å². The second kappa shape index (κ2) is 7.82. The molecule has 11 heteroatoms. The number of hydrogen-bond acceptors (Lipinski definition) is 8. The molecule has 4 heterocycles. The van der Waals surface area contributed by atoms with Crippen molar-refractivity contribution in [2.75, 3.05) is 5.32 Å². The molecule has 30 heavy (non-hydrogen) atoms. The Morgan fingerprint density at radius 2 is 1.97 bits per heavy atom. The third kappa shape index (κ3) is 3.48. The number of amides is 1. The first-order valence-corrected chi connectivity index (χ1v) is 11.1. The lowest BCUT2D eigenvalue weighted by Crippen LogP contribution is -2.11. The summed E-state index contributed by atoms with van der Waals surface area (Å²) in [6, 6.07) is 0. The van der Waals surface area contributed by atoms with Crippen LogP contribution in [0.4, 0.5) is 5.13 Å². The summed E-state index contributed by atoms with van der Waals surface area (Å²) in [5, 5.41) is 11.5. The van der Waals surface area contributed by atoms with Gasteiger partial charge in [-0.15, -0.1) is 17.9 Å². The van der Waals surface area contributed by atoms with Gasteiger partial charge in [-0.05, 0) is 45.5 Å². The van der Waals surface area contributed by atoms with Gasteiger partial charge >= 0.3 is 0 Å². The van der Waals surface area contributed by atoms with E-state index in [1.165, 1.54) is 22.7 Å². The lowest BCUT2D eigenvalue weighted by molar-refractivity contribution is 0.103. The van der Waals surface area contributed by atoms with Crippen molar-refractivity contribution < 1.29 is 4.79 Å². The van der Waals surface area contributed by atoms with Crippen LogP contribution in [-0.2, 0) is 6.54 Å². The number of hydrogen-bond donors (Lipinski definition) is 2. The van der Waals surface area contributed by atoms with Crippen LogP contribution in [-0.4, -0.2) is 35.6 Å². The van der Waals surface area contributed by atoms with E-state index in [0.717, 1.165) is 32.0 Å². The summed E-state index contributed by atoms with van der Waals surface area (Å²) in [5.74, 6) is 1.16. The van der Waals surface area contributed by atoms with Crippen LogP contribution in [0.2, 0.25) is 0 Å². The number of thiazole rings is 1. The number of carbonyl (C=O) groups is 1. The fourth-order valence-electron chi connectivity index (χ4n) is 3.29. The lowest BCUT2D eigenvalue weighted by Gasteiger charge is -2.02. The molecular formula is C19H19N7OS3. The van der Waals surface area contributed by atoms with Crippen LogP contribution in [0.1, 0.15) is 32.4 Å². The molecule has 0 aliphatic rings. The molecule has 0 saturated carbocycles. The molecule has 4 aromatic heterocycles. The highest BCUT2D eigenvalue weighted by molar-refractivity contribution is 7.71. The van der Waals surface area contributed by atoms with E-state index in [9.17, 15) is 4.79 Å². The molecule has 8 nitrogen and oxygen atoms in total. The number of H-pyrrole nitrogens is 1.